The van der Waals surface area contributed by atoms with E-state index in [2.05, 4.69) is 4.98 Å². The zero-order chi connectivity index (χ0) is 7.40. The van der Waals surface area contributed by atoms with Gasteiger partial charge in [-0.15, -0.1) is 0 Å². The fraction of sp³-hybridized carbons (Fsp3) is 0.125. The van der Waals surface area contributed by atoms with Crippen molar-refractivity contribution in [3.8, 4) is 0 Å². The van der Waals surface area contributed by atoms with Gasteiger partial charge in [0.05, 0.1) is 11.4 Å². The first-order valence-corrected chi connectivity index (χ1v) is 3.18. The first-order chi connectivity index (χ1) is 4.84. The zero-order valence-electron chi connectivity index (χ0n) is 5.91. The summed E-state index contributed by atoms with van der Waals surface area (Å²) in [4.78, 5) is 4.06. The molecule has 0 aromatic carbocycles. The third-order valence-electron chi connectivity index (χ3n) is 1.27. The van der Waals surface area contributed by atoms with Gasteiger partial charge in [0.15, 0.2) is 0 Å². The third-order valence-corrected chi connectivity index (χ3v) is 1.27. The van der Waals surface area contributed by atoms with E-state index in [1.54, 1.807) is 6.20 Å². The van der Waals surface area contributed by atoms with E-state index >= 15 is 0 Å². The van der Waals surface area contributed by atoms with Gasteiger partial charge in [0, 0.05) is 6.20 Å². The largest absolute Gasteiger partial charge is 0.397 e. The molecule has 0 unspecified atom stereocenters. The third kappa shape index (κ3) is 1.35. The van der Waals surface area contributed by atoms with Gasteiger partial charge in [0.1, 0.15) is 0 Å². The van der Waals surface area contributed by atoms with E-state index in [0.29, 0.717) is 0 Å². The molecule has 1 rings (SSSR count). The van der Waals surface area contributed by atoms with E-state index in [1.807, 2.05) is 31.2 Å². The number of nitrogens with zero attached hydrogens (tertiary/aromatic N) is 1. The van der Waals surface area contributed by atoms with Crippen molar-refractivity contribution in [2.75, 3.05) is 0 Å². The van der Waals surface area contributed by atoms with E-state index in [9.17, 15) is 0 Å². The van der Waals surface area contributed by atoms with E-state index in [4.69, 9.17) is 5.73 Å². The molecule has 1 heterocycles. The van der Waals surface area contributed by atoms with Crippen LogP contribution in [0.15, 0.2) is 30.5 Å². The van der Waals surface area contributed by atoms with Gasteiger partial charge >= 0.3 is 0 Å². The SMILES string of the molecule is CC=C(N)c1ccccn1. The van der Waals surface area contributed by atoms with Gasteiger partial charge in [-0.05, 0) is 19.1 Å². The van der Waals surface area contributed by atoms with Crippen molar-refractivity contribution in [3.05, 3.63) is 36.2 Å². The van der Waals surface area contributed by atoms with Crippen molar-refractivity contribution in [2.24, 2.45) is 5.73 Å². The highest BCUT2D eigenvalue weighted by Crippen LogP contribution is 2.01. The summed E-state index contributed by atoms with van der Waals surface area (Å²) >= 11 is 0. The van der Waals surface area contributed by atoms with Gasteiger partial charge in [0.2, 0.25) is 0 Å². The predicted octanol–water partition coefficient (Wildman–Crippen LogP) is 1.40. The minimum atomic E-state index is 0.723. The number of aromatic nitrogens is 1. The molecule has 0 saturated heterocycles. The molecule has 0 spiro atoms. The maximum atomic E-state index is 5.59. The summed E-state index contributed by atoms with van der Waals surface area (Å²) in [6, 6.07) is 5.67. The van der Waals surface area contributed by atoms with Crippen LogP contribution in [-0.2, 0) is 0 Å². The summed E-state index contributed by atoms with van der Waals surface area (Å²) < 4.78 is 0. The molecule has 0 radical (unpaired) electrons. The second-order valence-corrected chi connectivity index (χ2v) is 1.96. The normalized spacial score (nSPS) is 11.5. The van der Waals surface area contributed by atoms with Crippen molar-refractivity contribution in [2.45, 2.75) is 6.92 Å². The number of nitrogens with two attached hydrogens (primary N) is 1. The minimum Gasteiger partial charge on any atom is -0.397 e. The van der Waals surface area contributed by atoms with Crippen LogP contribution in [0.2, 0.25) is 0 Å². The Hall–Kier alpha value is -1.31. The molecule has 0 saturated carbocycles. The van der Waals surface area contributed by atoms with Gasteiger partial charge in [-0.3, -0.25) is 4.98 Å². The molecule has 2 N–H and O–H groups in total. The molecular weight excluding hydrogens is 124 g/mol. The maximum Gasteiger partial charge on any atom is 0.0855 e. The molecule has 0 atom stereocenters. The van der Waals surface area contributed by atoms with Gasteiger partial charge in [-0.1, -0.05) is 12.1 Å². The van der Waals surface area contributed by atoms with Crippen LogP contribution in [0.4, 0.5) is 0 Å². The Morgan fingerprint density at radius 3 is 2.90 bits per heavy atom. The first-order valence-electron chi connectivity index (χ1n) is 3.18. The highest BCUT2D eigenvalue weighted by molar-refractivity contribution is 5.58. The monoisotopic (exact) mass is 134 g/mol. The lowest BCUT2D eigenvalue weighted by Crippen LogP contribution is -1.96. The van der Waals surface area contributed by atoms with Crippen molar-refractivity contribution in [3.63, 3.8) is 0 Å². The highest BCUT2D eigenvalue weighted by atomic mass is 14.7. The second kappa shape index (κ2) is 3.01. The van der Waals surface area contributed by atoms with Crippen LogP contribution >= 0.6 is 0 Å². The minimum absolute atomic E-state index is 0.723. The van der Waals surface area contributed by atoms with Crippen LogP contribution in [0, 0.1) is 0 Å². The first kappa shape index (κ1) is 6.81. The summed E-state index contributed by atoms with van der Waals surface area (Å²) in [6.07, 6.45) is 3.56. The zero-order valence-corrected chi connectivity index (χ0v) is 5.91. The van der Waals surface area contributed by atoms with Gasteiger partial charge in [-0.25, -0.2) is 0 Å². The lowest BCUT2D eigenvalue weighted by molar-refractivity contribution is 1.25. The summed E-state index contributed by atoms with van der Waals surface area (Å²) in [5.41, 5.74) is 7.15. The van der Waals surface area contributed by atoms with E-state index in [1.165, 1.54) is 0 Å². The Labute approximate surface area is 60.4 Å². The second-order valence-electron chi connectivity index (χ2n) is 1.96. The van der Waals surface area contributed by atoms with Crippen LogP contribution in [0.5, 0.6) is 0 Å². The summed E-state index contributed by atoms with van der Waals surface area (Å²) in [7, 11) is 0. The van der Waals surface area contributed by atoms with Crippen LogP contribution < -0.4 is 5.73 Å². The van der Waals surface area contributed by atoms with Gasteiger partial charge in [-0.2, -0.15) is 0 Å². The predicted molar refractivity (Wildman–Crippen MR) is 42.1 cm³/mol. The van der Waals surface area contributed by atoms with E-state index in [-0.39, 0.29) is 0 Å². The summed E-state index contributed by atoms with van der Waals surface area (Å²) in [6.45, 7) is 1.89. The molecule has 52 valence electrons. The summed E-state index contributed by atoms with van der Waals surface area (Å²) in [5, 5.41) is 0. The fourth-order valence-corrected chi connectivity index (χ4v) is 0.681. The molecule has 1 aromatic rings. The Bertz CT molecular complexity index is 226. The molecule has 0 amide bonds. The number of hydrogen-bond acceptors (Lipinski definition) is 2. The van der Waals surface area contributed by atoms with E-state index < -0.39 is 0 Å². The highest BCUT2D eigenvalue weighted by Gasteiger charge is 1.91. The number of hydrogen-bond donors (Lipinski definition) is 1. The van der Waals surface area contributed by atoms with Crippen LogP contribution in [0.25, 0.3) is 5.70 Å². The lowest BCUT2D eigenvalue weighted by atomic mass is 10.3. The molecule has 0 bridgehead atoms. The van der Waals surface area contributed by atoms with Gasteiger partial charge in [0.25, 0.3) is 0 Å². The van der Waals surface area contributed by atoms with Crippen molar-refractivity contribution >= 4 is 5.70 Å². The average molecular weight is 134 g/mol. The molecule has 2 nitrogen and oxygen atoms in total. The Kier molecular flexibility index (Phi) is 2.05. The van der Waals surface area contributed by atoms with E-state index in [0.717, 1.165) is 11.4 Å². The van der Waals surface area contributed by atoms with Crippen molar-refractivity contribution in [1.29, 1.82) is 0 Å². The van der Waals surface area contributed by atoms with Crippen LogP contribution in [-0.4, -0.2) is 4.98 Å². The molecule has 2 heteroatoms. The Balaban J connectivity index is 2.96. The van der Waals surface area contributed by atoms with Gasteiger partial charge < -0.3 is 5.73 Å². The van der Waals surface area contributed by atoms with Crippen LogP contribution in [0.1, 0.15) is 12.6 Å². The molecule has 0 fully saturated rings. The molecule has 10 heavy (non-hydrogen) atoms. The average Bonchev–Trinajstić information content (AvgIpc) is 2.05. The number of pyridine rings is 1. The quantitative estimate of drug-likeness (QED) is 0.630. The topological polar surface area (TPSA) is 38.9 Å². The smallest absolute Gasteiger partial charge is 0.0855 e. The molecule has 0 aliphatic rings. The maximum absolute atomic E-state index is 5.59. The molecule has 1 aromatic heterocycles. The molecule has 0 aliphatic carbocycles. The molecule has 0 aliphatic heterocycles. The number of rotatable bonds is 1. The lowest BCUT2D eigenvalue weighted by Gasteiger charge is -1.96. The van der Waals surface area contributed by atoms with Crippen LogP contribution in [0.3, 0.4) is 0 Å². The molecular formula is C8H10N2. The van der Waals surface area contributed by atoms with Crippen molar-refractivity contribution < 1.29 is 0 Å². The summed E-state index contributed by atoms with van der Waals surface area (Å²) in [5.74, 6) is 0. The Morgan fingerprint density at radius 2 is 2.40 bits per heavy atom. The Morgan fingerprint density at radius 1 is 1.60 bits per heavy atom. The fourth-order valence-electron chi connectivity index (χ4n) is 0.681. The van der Waals surface area contributed by atoms with Crippen molar-refractivity contribution in [1.82, 2.24) is 4.98 Å². The number of allylic oxidation sites excluding steroid dienone is 1. The standard InChI is InChI=1S/C8H10N2/c1-2-7(9)8-5-3-4-6-10-8/h2-6H,9H2,1H3.